The fraction of sp³-hybridized carbons (Fsp3) is 0.0769. The summed E-state index contributed by atoms with van der Waals surface area (Å²) in [6, 6.07) is 7.57. The number of rotatable bonds is 3. The van der Waals surface area contributed by atoms with Gasteiger partial charge in [-0.25, -0.2) is 9.18 Å². The molecule has 0 atom stereocenters. The number of aromatic nitrogens is 1. The number of hydrogen-bond donors (Lipinski definition) is 1. The number of nitrogens with zero attached hydrogens (tertiary/aromatic N) is 1. The van der Waals surface area contributed by atoms with Crippen molar-refractivity contribution in [1.29, 1.82) is 0 Å². The van der Waals surface area contributed by atoms with E-state index in [0.29, 0.717) is 11.3 Å². The Morgan fingerprint density at radius 1 is 1.33 bits per heavy atom. The summed E-state index contributed by atoms with van der Waals surface area (Å²) in [7, 11) is 0. The highest BCUT2D eigenvalue weighted by molar-refractivity contribution is 5.89. The molecule has 1 aromatic carbocycles. The number of carbonyl (C=O) groups is 1. The Kier molecular flexibility index (Phi) is 3.52. The molecule has 0 aliphatic carbocycles. The zero-order valence-electron chi connectivity index (χ0n) is 9.47. The molecule has 0 radical (unpaired) electrons. The van der Waals surface area contributed by atoms with Gasteiger partial charge >= 0.3 is 5.97 Å². The van der Waals surface area contributed by atoms with Crippen molar-refractivity contribution in [3.63, 3.8) is 0 Å². The van der Waals surface area contributed by atoms with Crippen LogP contribution < -0.4 is 5.73 Å². The monoisotopic (exact) mass is 246 g/mol. The molecule has 0 amide bonds. The second kappa shape index (κ2) is 5.27. The third-order valence-electron chi connectivity index (χ3n) is 2.31. The number of hydrogen-bond acceptors (Lipinski definition) is 4. The van der Waals surface area contributed by atoms with Gasteiger partial charge in [-0.2, -0.15) is 0 Å². The average Bonchev–Trinajstić information content (AvgIpc) is 2.37. The lowest BCUT2D eigenvalue weighted by Crippen LogP contribution is -2.07. The van der Waals surface area contributed by atoms with Gasteiger partial charge in [0.25, 0.3) is 0 Å². The molecule has 2 aromatic rings. The Morgan fingerprint density at radius 3 is 2.83 bits per heavy atom. The number of ether oxygens (including phenoxy) is 1. The van der Waals surface area contributed by atoms with Crippen molar-refractivity contribution in [3.8, 4) is 0 Å². The predicted molar refractivity (Wildman–Crippen MR) is 64.2 cm³/mol. The van der Waals surface area contributed by atoms with Crippen molar-refractivity contribution < 1.29 is 13.9 Å². The van der Waals surface area contributed by atoms with Crippen molar-refractivity contribution in [2.45, 2.75) is 6.61 Å². The van der Waals surface area contributed by atoms with Crippen LogP contribution in [0.3, 0.4) is 0 Å². The van der Waals surface area contributed by atoms with E-state index in [0.717, 1.165) is 0 Å². The lowest BCUT2D eigenvalue weighted by molar-refractivity contribution is 0.0468. The lowest BCUT2D eigenvalue weighted by atomic mass is 10.2. The van der Waals surface area contributed by atoms with Crippen LogP contribution in [0.4, 0.5) is 10.1 Å². The molecule has 0 unspecified atom stereocenters. The SMILES string of the molecule is Nc1cncc(C(=O)OCc2ccccc2F)c1. The molecule has 0 aliphatic heterocycles. The van der Waals surface area contributed by atoms with Crippen LogP contribution in [0.15, 0.2) is 42.7 Å². The summed E-state index contributed by atoms with van der Waals surface area (Å²) >= 11 is 0. The van der Waals surface area contributed by atoms with E-state index < -0.39 is 11.8 Å². The molecule has 4 nitrogen and oxygen atoms in total. The fourth-order valence-electron chi connectivity index (χ4n) is 1.41. The molecule has 0 aliphatic rings. The van der Waals surface area contributed by atoms with Crippen LogP contribution in [0.5, 0.6) is 0 Å². The zero-order valence-corrected chi connectivity index (χ0v) is 9.47. The minimum absolute atomic E-state index is 0.125. The Hall–Kier alpha value is -2.43. The first-order valence-electron chi connectivity index (χ1n) is 5.28. The molecule has 0 spiro atoms. The van der Waals surface area contributed by atoms with Gasteiger partial charge in [0.15, 0.2) is 0 Å². The largest absolute Gasteiger partial charge is 0.457 e. The number of benzene rings is 1. The molecule has 2 rings (SSSR count). The summed E-state index contributed by atoms with van der Waals surface area (Å²) < 4.78 is 18.3. The minimum atomic E-state index is -0.585. The lowest BCUT2D eigenvalue weighted by Gasteiger charge is -2.05. The third-order valence-corrected chi connectivity index (χ3v) is 2.31. The zero-order chi connectivity index (χ0) is 13.0. The first-order chi connectivity index (χ1) is 8.66. The highest BCUT2D eigenvalue weighted by Gasteiger charge is 2.09. The number of halogens is 1. The summed E-state index contributed by atoms with van der Waals surface area (Å²) in [6.07, 6.45) is 2.77. The molecule has 18 heavy (non-hydrogen) atoms. The number of pyridine rings is 1. The molecule has 1 aromatic heterocycles. The van der Waals surface area contributed by atoms with Crippen LogP contribution in [0.1, 0.15) is 15.9 Å². The van der Waals surface area contributed by atoms with Crippen molar-refractivity contribution in [1.82, 2.24) is 4.98 Å². The summed E-state index contributed by atoms with van der Waals surface area (Å²) in [5.74, 6) is -0.992. The smallest absolute Gasteiger partial charge is 0.340 e. The highest BCUT2D eigenvalue weighted by Crippen LogP contribution is 2.10. The molecule has 0 bridgehead atoms. The molecule has 0 saturated carbocycles. The van der Waals surface area contributed by atoms with Crippen LogP contribution in [-0.4, -0.2) is 11.0 Å². The molecular formula is C13H11FN2O2. The van der Waals surface area contributed by atoms with E-state index >= 15 is 0 Å². The highest BCUT2D eigenvalue weighted by atomic mass is 19.1. The van der Waals surface area contributed by atoms with Crippen LogP contribution in [0.25, 0.3) is 0 Å². The van der Waals surface area contributed by atoms with E-state index in [1.54, 1.807) is 18.2 Å². The van der Waals surface area contributed by atoms with E-state index in [4.69, 9.17) is 10.5 Å². The Balaban J connectivity index is 2.03. The van der Waals surface area contributed by atoms with Crippen molar-refractivity contribution in [3.05, 3.63) is 59.7 Å². The normalized spacial score (nSPS) is 10.1. The molecular weight excluding hydrogens is 235 g/mol. The van der Waals surface area contributed by atoms with Crippen molar-refractivity contribution in [2.75, 3.05) is 5.73 Å². The summed E-state index contributed by atoms with van der Waals surface area (Å²) in [6.45, 7) is -0.125. The maximum atomic E-state index is 13.3. The van der Waals surface area contributed by atoms with Gasteiger partial charge in [0, 0.05) is 18.0 Å². The maximum absolute atomic E-state index is 13.3. The predicted octanol–water partition coefficient (Wildman–Crippen LogP) is 2.16. The first kappa shape index (κ1) is 12.0. The van der Waals surface area contributed by atoms with Crippen LogP contribution in [0.2, 0.25) is 0 Å². The average molecular weight is 246 g/mol. The number of nitrogens with two attached hydrogens (primary N) is 1. The standard InChI is InChI=1S/C13H11FN2O2/c14-12-4-2-1-3-9(12)8-18-13(17)10-5-11(15)7-16-6-10/h1-7H,8,15H2. The van der Waals surface area contributed by atoms with Crippen LogP contribution >= 0.6 is 0 Å². The second-order valence-electron chi connectivity index (χ2n) is 3.67. The van der Waals surface area contributed by atoms with Gasteiger partial charge in [0.2, 0.25) is 0 Å². The Morgan fingerprint density at radius 2 is 2.11 bits per heavy atom. The Bertz CT molecular complexity index is 572. The summed E-state index contributed by atoms with van der Waals surface area (Å²) in [5.41, 5.74) is 6.43. The van der Waals surface area contributed by atoms with Crippen molar-refractivity contribution >= 4 is 11.7 Å². The van der Waals surface area contributed by atoms with E-state index in [-0.39, 0.29) is 12.2 Å². The Labute approximate surface area is 103 Å². The van der Waals surface area contributed by atoms with Gasteiger partial charge in [-0.1, -0.05) is 18.2 Å². The van der Waals surface area contributed by atoms with Crippen molar-refractivity contribution in [2.24, 2.45) is 0 Å². The van der Waals surface area contributed by atoms with Gasteiger partial charge in [0.05, 0.1) is 11.3 Å². The summed E-state index contributed by atoms with van der Waals surface area (Å²) in [5, 5.41) is 0. The number of carbonyl (C=O) groups excluding carboxylic acids is 1. The minimum Gasteiger partial charge on any atom is -0.457 e. The van der Waals surface area contributed by atoms with E-state index in [2.05, 4.69) is 4.98 Å². The van der Waals surface area contributed by atoms with E-state index in [9.17, 15) is 9.18 Å². The molecule has 0 fully saturated rings. The second-order valence-corrected chi connectivity index (χ2v) is 3.67. The van der Waals surface area contributed by atoms with Crippen LogP contribution in [-0.2, 0) is 11.3 Å². The van der Waals surface area contributed by atoms with Gasteiger partial charge in [-0.15, -0.1) is 0 Å². The summed E-state index contributed by atoms with van der Waals surface area (Å²) in [4.78, 5) is 15.4. The van der Waals surface area contributed by atoms with E-state index in [1.165, 1.54) is 24.5 Å². The molecule has 1 heterocycles. The number of nitrogen functional groups attached to an aromatic ring is 1. The van der Waals surface area contributed by atoms with Gasteiger partial charge in [-0.05, 0) is 12.1 Å². The number of anilines is 1. The fourth-order valence-corrected chi connectivity index (χ4v) is 1.41. The van der Waals surface area contributed by atoms with Crippen LogP contribution in [0, 0.1) is 5.82 Å². The number of esters is 1. The van der Waals surface area contributed by atoms with E-state index in [1.807, 2.05) is 0 Å². The quantitative estimate of drug-likeness (QED) is 0.843. The molecule has 5 heteroatoms. The molecule has 0 saturated heterocycles. The molecule has 92 valence electrons. The van der Waals surface area contributed by atoms with Gasteiger partial charge < -0.3 is 10.5 Å². The topological polar surface area (TPSA) is 65.2 Å². The third kappa shape index (κ3) is 2.82. The molecule has 2 N–H and O–H groups in total. The van der Waals surface area contributed by atoms with Gasteiger partial charge in [0.1, 0.15) is 12.4 Å². The maximum Gasteiger partial charge on any atom is 0.340 e. The first-order valence-corrected chi connectivity index (χ1v) is 5.28. The van der Waals surface area contributed by atoms with Gasteiger partial charge in [-0.3, -0.25) is 4.98 Å².